The molecule has 2 N–H and O–H groups in total. The highest BCUT2D eigenvalue weighted by molar-refractivity contribution is 6.36. The summed E-state index contributed by atoms with van der Waals surface area (Å²) in [5, 5.41) is 1.08. The highest BCUT2D eigenvalue weighted by atomic mass is 35.5. The number of fused-ring (bicyclic) bond motifs is 1. The molecule has 2 aromatic rings. The molecule has 3 aliphatic heterocycles. The molecule has 0 radical (unpaired) electrons. The fraction of sp³-hybridized carbons (Fsp3) is 0.346. The van der Waals surface area contributed by atoms with E-state index in [4.69, 9.17) is 33.9 Å². The molecule has 2 aromatic carbocycles. The SMILES string of the molecule is CC1=NC2=NC(C(=O)N3CCN(Cc4ccccc4)CC3)CN2C(c2ccc(Cl)cc2Cl)=C1CN. The topological polar surface area (TPSA) is 77.5 Å². The molecule has 0 aliphatic carbocycles. The van der Waals surface area contributed by atoms with Crippen LogP contribution >= 0.6 is 23.2 Å². The molecule has 0 saturated carbocycles. The van der Waals surface area contributed by atoms with Crippen LogP contribution in [0.1, 0.15) is 18.1 Å². The summed E-state index contributed by atoms with van der Waals surface area (Å²) < 4.78 is 0. The number of nitrogens with zero attached hydrogens (tertiary/aromatic N) is 5. The summed E-state index contributed by atoms with van der Waals surface area (Å²) in [6.07, 6.45) is 0. The van der Waals surface area contributed by atoms with E-state index in [-0.39, 0.29) is 5.91 Å². The van der Waals surface area contributed by atoms with Gasteiger partial charge in [0, 0.05) is 61.1 Å². The van der Waals surface area contributed by atoms with Crippen molar-refractivity contribution in [3.8, 4) is 0 Å². The second-order valence-electron chi connectivity index (χ2n) is 9.00. The molecule has 0 aromatic heterocycles. The van der Waals surface area contributed by atoms with Crippen LogP contribution in [0.2, 0.25) is 10.0 Å². The smallest absolute Gasteiger partial charge is 0.249 e. The number of hydrogen-bond donors (Lipinski definition) is 1. The molecule has 3 aliphatic rings. The molecule has 7 nitrogen and oxygen atoms in total. The van der Waals surface area contributed by atoms with E-state index in [0.29, 0.717) is 42.2 Å². The van der Waals surface area contributed by atoms with Crippen LogP contribution in [0.5, 0.6) is 0 Å². The molecule has 0 bridgehead atoms. The molecule has 5 rings (SSSR count). The number of nitrogens with two attached hydrogens (primary N) is 1. The maximum absolute atomic E-state index is 13.4. The van der Waals surface area contributed by atoms with Gasteiger partial charge in [0.15, 0.2) is 6.04 Å². The molecule has 1 saturated heterocycles. The predicted octanol–water partition coefficient (Wildman–Crippen LogP) is 3.52. The Kier molecular flexibility index (Phi) is 6.93. The first-order valence-corrected chi connectivity index (χ1v) is 12.5. The van der Waals surface area contributed by atoms with Crippen LogP contribution in [0.4, 0.5) is 0 Å². The molecule has 35 heavy (non-hydrogen) atoms. The van der Waals surface area contributed by atoms with E-state index in [1.54, 1.807) is 12.1 Å². The summed E-state index contributed by atoms with van der Waals surface area (Å²) in [5.74, 6) is 0.566. The van der Waals surface area contributed by atoms with Gasteiger partial charge in [-0.1, -0.05) is 53.5 Å². The second-order valence-corrected chi connectivity index (χ2v) is 9.84. The van der Waals surface area contributed by atoms with Crippen molar-refractivity contribution in [2.75, 3.05) is 39.3 Å². The average Bonchev–Trinajstić information content (AvgIpc) is 3.28. The molecule has 1 unspecified atom stereocenters. The van der Waals surface area contributed by atoms with Crippen molar-refractivity contribution in [1.29, 1.82) is 0 Å². The first kappa shape index (κ1) is 24.0. The fourth-order valence-corrected chi connectivity index (χ4v) is 5.38. The highest BCUT2D eigenvalue weighted by Crippen LogP contribution is 2.36. The number of guanidine groups is 1. The lowest BCUT2D eigenvalue weighted by Crippen LogP contribution is -2.51. The lowest BCUT2D eigenvalue weighted by atomic mass is 10.00. The Morgan fingerprint density at radius 1 is 1.09 bits per heavy atom. The van der Waals surface area contributed by atoms with Crippen molar-refractivity contribution in [2.24, 2.45) is 15.7 Å². The number of halogens is 2. The van der Waals surface area contributed by atoms with Crippen molar-refractivity contribution in [3.05, 3.63) is 75.3 Å². The molecular formula is C26H28Cl2N6O. The zero-order valence-corrected chi connectivity index (χ0v) is 21.1. The number of aliphatic imine (C=N–C) groups is 2. The monoisotopic (exact) mass is 510 g/mol. The number of benzene rings is 2. The maximum Gasteiger partial charge on any atom is 0.249 e. The molecule has 3 heterocycles. The predicted molar refractivity (Wildman–Crippen MR) is 142 cm³/mol. The average molecular weight is 511 g/mol. The zero-order valence-electron chi connectivity index (χ0n) is 19.6. The van der Waals surface area contributed by atoms with E-state index in [1.165, 1.54) is 5.56 Å². The van der Waals surface area contributed by atoms with Gasteiger partial charge in [-0.05, 0) is 30.7 Å². The van der Waals surface area contributed by atoms with Gasteiger partial charge in [0.1, 0.15) is 0 Å². The second kappa shape index (κ2) is 10.1. The number of piperazine rings is 1. The Morgan fingerprint density at radius 2 is 1.83 bits per heavy atom. The Hall–Kier alpha value is -2.71. The molecule has 182 valence electrons. The van der Waals surface area contributed by atoms with Gasteiger partial charge < -0.3 is 15.5 Å². The Labute approximate surface area is 215 Å². The standard InChI is InChI=1S/C26H28Cl2N6O/c1-17-21(14-29)24(20-8-7-19(27)13-22(20)28)34-16-23(31-26(34)30-17)25(35)33-11-9-32(10-12-33)15-18-5-3-2-4-6-18/h2-8,13,23H,9-12,14-16,29H2,1H3. The quantitative estimate of drug-likeness (QED) is 0.667. The molecule has 9 heteroatoms. The van der Waals surface area contributed by atoms with Gasteiger partial charge in [0.25, 0.3) is 0 Å². The first-order valence-electron chi connectivity index (χ1n) is 11.8. The third-order valence-corrected chi connectivity index (χ3v) is 7.28. The highest BCUT2D eigenvalue weighted by Gasteiger charge is 2.39. The number of rotatable bonds is 5. The molecule has 0 spiro atoms. The van der Waals surface area contributed by atoms with E-state index in [2.05, 4.69) is 34.2 Å². The summed E-state index contributed by atoms with van der Waals surface area (Å²) in [5.41, 5.74) is 10.7. The van der Waals surface area contributed by atoms with Gasteiger partial charge in [0.2, 0.25) is 11.9 Å². The van der Waals surface area contributed by atoms with Crippen LogP contribution in [0.25, 0.3) is 5.70 Å². The van der Waals surface area contributed by atoms with Crippen LogP contribution in [-0.4, -0.2) is 77.6 Å². The van der Waals surface area contributed by atoms with E-state index in [1.807, 2.05) is 28.9 Å². The van der Waals surface area contributed by atoms with Crippen molar-refractivity contribution < 1.29 is 4.79 Å². The number of carbonyl (C=O) groups excluding carboxylic acids is 1. The number of hydrogen-bond acceptors (Lipinski definition) is 6. The van der Waals surface area contributed by atoms with Crippen LogP contribution < -0.4 is 5.73 Å². The van der Waals surface area contributed by atoms with Gasteiger partial charge in [-0.2, -0.15) is 0 Å². The van der Waals surface area contributed by atoms with Gasteiger partial charge >= 0.3 is 0 Å². The van der Waals surface area contributed by atoms with E-state index in [0.717, 1.165) is 42.2 Å². The van der Waals surface area contributed by atoms with Gasteiger partial charge in [-0.25, -0.2) is 9.98 Å². The van der Waals surface area contributed by atoms with E-state index >= 15 is 0 Å². The van der Waals surface area contributed by atoms with Crippen molar-refractivity contribution >= 4 is 46.5 Å². The fourth-order valence-electron chi connectivity index (χ4n) is 4.88. The maximum atomic E-state index is 13.4. The number of amides is 1. The largest absolute Gasteiger partial charge is 0.338 e. The third kappa shape index (κ3) is 4.86. The van der Waals surface area contributed by atoms with Crippen molar-refractivity contribution in [3.63, 3.8) is 0 Å². The molecular weight excluding hydrogens is 483 g/mol. The molecule has 1 amide bonds. The lowest BCUT2D eigenvalue weighted by Gasteiger charge is -2.35. The Balaban J connectivity index is 1.31. The van der Waals surface area contributed by atoms with Crippen LogP contribution in [0.3, 0.4) is 0 Å². The Bertz CT molecular complexity index is 1220. The van der Waals surface area contributed by atoms with Gasteiger partial charge in [-0.3, -0.25) is 9.69 Å². The van der Waals surface area contributed by atoms with Crippen molar-refractivity contribution in [2.45, 2.75) is 19.5 Å². The van der Waals surface area contributed by atoms with Gasteiger partial charge in [-0.15, -0.1) is 0 Å². The zero-order chi connectivity index (χ0) is 24.5. The summed E-state index contributed by atoms with van der Waals surface area (Å²) >= 11 is 12.7. The van der Waals surface area contributed by atoms with Gasteiger partial charge in [0.05, 0.1) is 17.3 Å². The lowest BCUT2D eigenvalue weighted by molar-refractivity contribution is -0.134. The van der Waals surface area contributed by atoms with Crippen LogP contribution in [-0.2, 0) is 11.3 Å². The molecule has 1 fully saturated rings. The summed E-state index contributed by atoms with van der Waals surface area (Å²) in [6, 6.07) is 15.3. The summed E-state index contributed by atoms with van der Waals surface area (Å²) in [7, 11) is 0. The van der Waals surface area contributed by atoms with E-state index in [9.17, 15) is 4.79 Å². The van der Waals surface area contributed by atoms with Crippen LogP contribution in [0, 0.1) is 0 Å². The summed E-state index contributed by atoms with van der Waals surface area (Å²) in [4.78, 5) is 29.1. The minimum Gasteiger partial charge on any atom is -0.338 e. The number of carbonyl (C=O) groups is 1. The summed E-state index contributed by atoms with van der Waals surface area (Å²) in [6.45, 7) is 6.58. The Morgan fingerprint density at radius 3 is 2.51 bits per heavy atom. The minimum absolute atomic E-state index is 0.0370. The molecule has 1 atom stereocenters. The minimum atomic E-state index is -0.513. The van der Waals surface area contributed by atoms with Crippen molar-refractivity contribution in [1.82, 2.24) is 14.7 Å². The van der Waals surface area contributed by atoms with E-state index < -0.39 is 6.04 Å². The normalized spacial score (nSPS) is 20.6. The van der Waals surface area contributed by atoms with Crippen LogP contribution in [0.15, 0.2) is 64.1 Å². The third-order valence-electron chi connectivity index (χ3n) is 6.74. The first-order chi connectivity index (χ1) is 16.9.